The molecule has 0 heterocycles. The van der Waals surface area contributed by atoms with Crippen LogP contribution in [-0.4, -0.2) is 17.1 Å². The summed E-state index contributed by atoms with van der Waals surface area (Å²) >= 11 is 0. The van der Waals surface area contributed by atoms with Crippen molar-refractivity contribution in [2.75, 3.05) is 0 Å². The van der Waals surface area contributed by atoms with Crippen molar-refractivity contribution in [1.82, 2.24) is 0 Å². The van der Waals surface area contributed by atoms with Crippen LogP contribution in [0.4, 0.5) is 0 Å². The van der Waals surface area contributed by atoms with Gasteiger partial charge in [-0.05, 0) is 19.4 Å². The predicted octanol–water partition coefficient (Wildman–Crippen LogP) is -0.201. The van der Waals surface area contributed by atoms with Crippen LogP contribution >= 0.6 is 0 Å². The zero-order valence-electron chi connectivity index (χ0n) is 5.59. The minimum Gasteiger partial charge on any atom is -0.379 e. The molecule has 0 aromatic heterocycles. The summed E-state index contributed by atoms with van der Waals surface area (Å²) in [6.45, 7) is 3.39. The van der Waals surface area contributed by atoms with Crippen molar-refractivity contribution in [1.29, 1.82) is 0 Å². The quantitative estimate of drug-likeness (QED) is 0.507. The van der Waals surface area contributed by atoms with Crippen molar-refractivity contribution < 1.29 is 9.90 Å². The molecule has 0 rings (SSSR count). The smallest absolute Gasteiger partial charge is 0.250 e. The predicted molar refractivity (Wildman–Crippen MR) is 34.6 cm³/mol. The SMILES string of the molecule is C/C=C(/C)C(O)C(N)=O. The lowest BCUT2D eigenvalue weighted by molar-refractivity contribution is -0.124. The first-order valence-electron chi connectivity index (χ1n) is 2.69. The highest BCUT2D eigenvalue weighted by Crippen LogP contribution is 1.98. The standard InChI is InChI=1S/C6H11NO2/c1-3-4(2)5(8)6(7)9/h3,5,8H,1-2H3,(H2,7,9)/b4-3-. The molecular weight excluding hydrogens is 118 g/mol. The molecule has 1 unspecified atom stereocenters. The van der Waals surface area contributed by atoms with E-state index in [1.165, 1.54) is 0 Å². The van der Waals surface area contributed by atoms with Crippen LogP contribution < -0.4 is 5.73 Å². The van der Waals surface area contributed by atoms with E-state index in [-0.39, 0.29) is 0 Å². The van der Waals surface area contributed by atoms with Gasteiger partial charge in [-0.25, -0.2) is 0 Å². The highest BCUT2D eigenvalue weighted by atomic mass is 16.3. The molecule has 0 spiro atoms. The molecule has 52 valence electrons. The molecule has 3 N–H and O–H groups in total. The Balaban J connectivity index is 4.04. The number of aliphatic hydroxyl groups excluding tert-OH is 1. The van der Waals surface area contributed by atoms with Gasteiger partial charge in [0.15, 0.2) is 6.10 Å². The number of aliphatic hydroxyl groups is 1. The molecule has 1 amide bonds. The van der Waals surface area contributed by atoms with E-state index >= 15 is 0 Å². The van der Waals surface area contributed by atoms with E-state index in [0.717, 1.165) is 0 Å². The van der Waals surface area contributed by atoms with E-state index in [9.17, 15) is 4.79 Å². The Bertz CT molecular complexity index is 140. The maximum absolute atomic E-state index is 10.2. The molecule has 0 saturated carbocycles. The lowest BCUT2D eigenvalue weighted by atomic mass is 10.1. The monoisotopic (exact) mass is 129 g/mol. The van der Waals surface area contributed by atoms with Crippen LogP contribution in [0.3, 0.4) is 0 Å². The fourth-order valence-electron chi connectivity index (χ4n) is 0.382. The highest BCUT2D eigenvalue weighted by molar-refractivity contribution is 5.81. The summed E-state index contributed by atoms with van der Waals surface area (Å²) in [6.07, 6.45) is 0.532. The second kappa shape index (κ2) is 3.25. The molecular formula is C6H11NO2. The third-order valence-electron chi connectivity index (χ3n) is 1.16. The van der Waals surface area contributed by atoms with Crippen molar-refractivity contribution in [2.24, 2.45) is 5.73 Å². The molecule has 0 fully saturated rings. The van der Waals surface area contributed by atoms with Crippen molar-refractivity contribution in [3.8, 4) is 0 Å². The molecule has 0 aromatic rings. The van der Waals surface area contributed by atoms with Gasteiger partial charge in [0.25, 0.3) is 5.91 Å². The van der Waals surface area contributed by atoms with Gasteiger partial charge in [0.05, 0.1) is 0 Å². The van der Waals surface area contributed by atoms with Crippen LogP contribution in [-0.2, 0) is 4.79 Å². The summed E-state index contributed by atoms with van der Waals surface area (Å²) in [7, 11) is 0. The number of hydrogen-bond acceptors (Lipinski definition) is 2. The number of amides is 1. The van der Waals surface area contributed by atoms with Crippen LogP contribution in [0.1, 0.15) is 13.8 Å². The first-order chi connectivity index (χ1) is 4.09. The zero-order valence-corrected chi connectivity index (χ0v) is 5.59. The lowest BCUT2D eigenvalue weighted by Gasteiger charge is -2.03. The Morgan fingerprint density at radius 3 is 2.33 bits per heavy atom. The summed E-state index contributed by atoms with van der Waals surface area (Å²) in [4.78, 5) is 10.2. The van der Waals surface area contributed by atoms with Gasteiger partial charge in [-0.2, -0.15) is 0 Å². The Morgan fingerprint density at radius 2 is 2.22 bits per heavy atom. The minimum absolute atomic E-state index is 0.586. The second-order valence-electron chi connectivity index (χ2n) is 1.84. The Kier molecular flexibility index (Phi) is 2.95. The molecule has 0 aliphatic heterocycles. The van der Waals surface area contributed by atoms with Crippen LogP contribution in [0.15, 0.2) is 11.6 Å². The molecule has 0 aromatic carbocycles. The number of allylic oxidation sites excluding steroid dienone is 1. The minimum atomic E-state index is -1.12. The van der Waals surface area contributed by atoms with E-state index in [1.807, 2.05) is 0 Å². The molecule has 0 bridgehead atoms. The summed E-state index contributed by atoms with van der Waals surface area (Å²) in [5.74, 6) is -0.703. The maximum Gasteiger partial charge on any atom is 0.250 e. The normalized spacial score (nSPS) is 15.2. The average molecular weight is 129 g/mol. The van der Waals surface area contributed by atoms with Gasteiger partial charge in [-0.1, -0.05) is 6.08 Å². The van der Waals surface area contributed by atoms with Gasteiger partial charge < -0.3 is 10.8 Å². The van der Waals surface area contributed by atoms with Crippen molar-refractivity contribution >= 4 is 5.91 Å². The first-order valence-corrected chi connectivity index (χ1v) is 2.69. The van der Waals surface area contributed by atoms with Crippen molar-refractivity contribution in [3.63, 3.8) is 0 Å². The zero-order chi connectivity index (χ0) is 7.44. The van der Waals surface area contributed by atoms with Gasteiger partial charge in [-0.15, -0.1) is 0 Å². The Hall–Kier alpha value is -0.830. The summed E-state index contributed by atoms with van der Waals surface area (Å²) in [5, 5.41) is 8.85. The van der Waals surface area contributed by atoms with E-state index in [0.29, 0.717) is 5.57 Å². The number of nitrogens with two attached hydrogens (primary N) is 1. The van der Waals surface area contributed by atoms with Crippen LogP contribution in [0.2, 0.25) is 0 Å². The average Bonchev–Trinajstić information content (AvgIpc) is 1.84. The number of carbonyl (C=O) groups is 1. The van der Waals surface area contributed by atoms with E-state index in [1.54, 1.807) is 19.9 Å². The van der Waals surface area contributed by atoms with Crippen molar-refractivity contribution in [3.05, 3.63) is 11.6 Å². The number of carbonyl (C=O) groups excluding carboxylic acids is 1. The fraction of sp³-hybridized carbons (Fsp3) is 0.500. The molecule has 0 aliphatic carbocycles. The van der Waals surface area contributed by atoms with Crippen LogP contribution in [0.5, 0.6) is 0 Å². The summed E-state index contributed by atoms with van der Waals surface area (Å²) in [5.41, 5.74) is 5.37. The van der Waals surface area contributed by atoms with Crippen LogP contribution in [0.25, 0.3) is 0 Å². The molecule has 9 heavy (non-hydrogen) atoms. The topological polar surface area (TPSA) is 63.3 Å². The highest BCUT2D eigenvalue weighted by Gasteiger charge is 2.10. The second-order valence-corrected chi connectivity index (χ2v) is 1.84. The van der Waals surface area contributed by atoms with E-state index < -0.39 is 12.0 Å². The van der Waals surface area contributed by atoms with Crippen molar-refractivity contribution in [2.45, 2.75) is 20.0 Å². The third-order valence-corrected chi connectivity index (χ3v) is 1.16. The molecule has 0 aliphatic rings. The largest absolute Gasteiger partial charge is 0.379 e. The third kappa shape index (κ3) is 2.28. The van der Waals surface area contributed by atoms with E-state index in [4.69, 9.17) is 10.8 Å². The summed E-state index contributed by atoms with van der Waals surface area (Å²) < 4.78 is 0. The lowest BCUT2D eigenvalue weighted by Crippen LogP contribution is -2.28. The van der Waals surface area contributed by atoms with Gasteiger partial charge in [0.1, 0.15) is 0 Å². The summed E-state index contributed by atoms with van der Waals surface area (Å²) in [6, 6.07) is 0. The number of rotatable bonds is 2. The fourth-order valence-corrected chi connectivity index (χ4v) is 0.382. The van der Waals surface area contributed by atoms with Gasteiger partial charge in [0, 0.05) is 0 Å². The molecule has 3 heteroatoms. The number of primary amides is 1. The van der Waals surface area contributed by atoms with Gasteiger partial charge >= 0.3 is 0 Å². The van der Waals surface area contributed by atoms with E-state index in [2.05, 4.69) is 0 Å². The number of hydrogen-bond donors (Lipinski definition) is 2. The van der Waals surface area contributed by atoms with Gasteiger partial charge in [-0.3, -0.25) is 4.79 Å². The maximum atomic E-state index is 10.2. The molecule has 3 nitrogen and oxygen atoms in total. The molecule has 0 radical (unpaired) electrons. The Morgan fingerprint density at radius 1 is 1.78 bits per heavy atom. The van der Waals surface area contributed by atoms with Crippen LogP contribution in [0, 0.1) is 0 Å². The Labute approximate surface area is 54.2 Å². The molecule has 1 atom stereocenters. The first kappa shape index (κ1) is 8.17. The van der Waals surface area contributed by atoms with Gasteiger partial charge in [0.2, 0.25) is 0 Å². The molecule has 0 saturated heterocycles.